The maximum atomic E-state index is 13.2. The van der Waals surface area contributed by atoms with E-state index in [9.17, 15) is 14.4 Å². The van der Waals surface area contributed by atoms with Crippen LogP contribution in [0.25, 0.3) is 0 Å². The Kier molecular flexibility index (Phi) is 5.11. The number of piperidine rings is 1. The zero-order valence-electron chi connectivity index (χ0n) is 17.6. The van der Waals surface area contributed by atoms with Gasteiger partial charge in [-0.3, -0.25) is 14.4 Å². The number of aryl methyl sites for hydroxylation is 2. The number of carbonyl (C=O) groups excluding carboxylic acids is 3. The van der Waals surface area contributed by atoms with Crippen LogP contribution in [-0.2, 0) is 14.4 Å². The summed E-state index contributed by atoms with van der Waals surface area (Å²) < 4.78 is 0. The predicted molar refractivity (Wildman–Crippen MR) is 111 cm³/mol. The summed E-state index contributed by atoms with van der Waals surface area (Å²) in [5, 5.41) is 0. The zero-order chi connectivity index (χ0) is 20.8. The monoisotopic (exact) mass is 391 g/mol. The minimum absolute atomic E-state index is 0.0451. The van der Waals surface area contributed by atoms with Crippen LogP contribution in [0.4, 0.5) is 0 Å². The molecule has 1 saturated heterocycles. The first-order valence-corrected chi connectivity index (χ1v) is 10.7. The molecular formula is C25H29NO3. The Hall–Kier alpha value is -2.41. The van der Waals surface area contributed by atoms with E-state index in [1.54, 1.807) is 6.92 Å². The molecule has 0 aromatic heterocycles. The van der Waals surface area contributed by atoms with E-state index in [1.165, 1.54) is 0 Å². The van der Waals surface area contributed by atoms with Crippen molar-refractivity contribution in [2.24, 2.45) is 11.3 Å². The fourth-order valence-corrected chi connectivity index (χ4v) is 5.30. The molecule has 0 unspecified atom stereocenters. The molecular weight excluding hydrogens is 362 g/mol. The van der Waals surface area contributed by atoms with Gasteiger partial charge in [0.25, 0.3) is 0 Å². The lowest BCUT2D eigenvalue weighted by molar-refractivity contribution is -0.140. The summed E-state index contributed by atoms with van der Waals surface area (Å²) in [5.74, 6) is 5.92. The second kappa shape index (κ2) is 7.44. The number of benzene rings is 1. The van der Waals surface area contributed by atoms with Crippen LogP contribution in [0.1, 0.15) is 73.6 Å². The molecule has 1 spiro atoms. The van der Waals surface area contributed by atoms with Gasteiger partial charge in [0.05, 0.1) is 0 Å². The highest BCUT2D eigenvalue weighted by Crippen LogP contribution is 2.47. The number of hydrogen-bond donors (Lipinski definition) is 0. The van der Waals surface area contributed by atoms with Gasteiger partial charge >= 0.3 is 0 Å². The summed E-state index contributed by atoms with van der Waals surface area (Å²) in [6.45, 7) is 7.11. The molecule has 0 N–H and O–H groups in total. The number of hydrogen-bond acceptors (Lipinski definition) is 3. The Bertz CT molecular complexity index is 894. The van der Waals surface area contributed by atoms with Gasteiger partial charge in [-0.15, -0.1) is 5.92 Å². The Labute approximate surface area is 173 Å². The van der Waals surface area contributed by atoms with E-state index in [0.717, 1.165) is 47.9 Å². The Balaban J connectivity index is 1.51. The number of Topliss-reactive ketones (excluding diaryl/α,β-unsaturated/α-hetero) is 2. The van der Waals surface area contributed by atoms with Crippen LogP contribution in [0.3, 0.4) is 0 Å². The van der Waals surface area contributed by atoms with E-state index in [0.29, 0.717) is 25.9 Å². The van der Waals surface area contributed by atoms with Crippen LogP contribution >= 0.6 is 0 Å². The van der Waals surface area contributed by atoms with Crippen LogP contribution < -0.4 is 0 Å². The summed E-state index contributed by atoms with van der Waals surface area (Å²) in [5.41, 5.74) is 3.48. The number of nitrogens with zero attached hydrogens (tertiary/aromatic N) is 1. The summed E-state index contributed by atoms with van der Waals surface area (Å²) in [6.07, 6.45) is 4.45. The van der Waals surface area contributed by atoms with Crippen molar-refractivity contribution < 1.29 is 14.4 Å². The van der Waals surface area contributed by atoms with Crippen molar-refractivity contribution >= 4 is 17.5 Å². The van der Waals surface area contributed by atoms with Crippen LogP contribution in [0.2, 0.25) is 0 Å². The zero-order valence-corrected chi connectivity index (χ0v) is 17.6. The van der Waals surface area contributed by atoms with Gasteiger partial charge in [0.15, 0.2) is 0 Å². The molecule has 4 nitrogen and oxygen atoms in total. The van der Waals surface area contributed by atoms with E-state index >= 15 is 0 Å². The third kappa shape index (κ3) is 3.75. The van der Waals surface area contributed by atoms with Crippen molar-refractivity contribution in [3.05, 3.63) is 34.4 Å². The molecule has 3 fully saturated rings. The van der Waals surface area contributed by atoms with Gasteiger partial charge in [0.2, 0.25) is 5.91 Å². The average molecular weight is 392 g/mol. The van der Waals surface area contributed by atoms with Crippen molar-refractivity contribution in [2.75, 3.05) is 13.1 Å². The summed E-state index contributed by atoms with van der Waals surface area (Å²) in [7, 11) is 0. The minimum Gasteiger partial charge on any atom is -0.342 e. The molecule has 29 heavy (non-hydrogen) atoms. The standard InChI is InChI=1S/C25H29NO3/c1-4-5-18-12-16(2)22(17(3)13-18)23-20(27)14-25(15-21(23)28)8-10-26(11-9-25)24(29)19-6-7-19/h12-13,19,23H,6-11,14-15H2,1-3H3. The highest BCUT2D eigenvalue weighted by atomic mass is 16.2. The molecule has 1 aromatic rings. The normalized spacial score (nSPS) is 21.8. The minimum atomic E-state index is -0.643. The molecule has 1 heterocycles. The van der Waals surface area contributed by atoms with E-state index in [-0.39, 0.29) is 28.8 Å². The van der Waals surface area contributed by atoms with E-state index in [2.05, 4.69) is 11.8 Å². The smallest absolute Gasteiger partial charge is 0.225 e. The Morgan fingerprint density at radius 3 is 2.07 bits per heavy atom. The van der Waals surface area contributed by atoms with Crippen molar-refractivity contribution in [1.29, 1.82) is 0 Å². The second-order valence-electron chi connectivity index (χ2n) is 9.22. The highest BCUT2D eigenvalue weighted by Gasteiger charge is 2.48. The fourth-order valence-electron chi connectivity index (χ4n) is 5.30. The molecule has 4 heteroatoms. The highest BCUT2D eigenvalue weighted by molar-refractivity contribution is 6.10. The first-order valence-electron chi connectivity index (χ1n) is 10.7. The first-order chi connectivity index (χ1) is 13.8. The molecule has 1 amide bonds. The Morgan fingerprint density at radius 1 is 1.03 bits per heavy atom. The molecule has 3 aliphatic rings. The summed E-state index contributed by atoms with van der Waals surface area (Å²) in [6, 6.07) is 3.96. The van der Waals surface area contributed by atoms with Gasteiger partial charge in [-0.05, 0) is 80.7 Å². The van der Waals surface area contributed by atoms with Gasteiger partial charge < -0.3 is 4.90 Å². The lowest BCUT2D eigenvalue weighted by atomic mass is 9.62. The van der Waals surface area contributed by atoms with Crippen molar-refractivity contribution in [1.82, 2.24) is 4.90 Å². The molecule has 0 atom stereocenters. The number of amides is 1. The Morgan fingerprint density at radius 2 is 1.59 bits per heavy atom. The fraction of sp³-hybridized carbons (Fsp3) is 0.560. The first kappa shape index (κ1) is 19.9. The summed E-state index contributed by atoms with van der Waals surface area (Å²) >= 11 is 0. The van der Waals surface area contributed by atoms with Crippen LogP contribution in [-0.4, -0.2) is 35.5 Å². The van der Waals surface area contributed by atoms with Crippen molar-refractivity contribution in [3.8, 4) is 11.8 Å². The molecule has 2 aliphatic carbocycles. The maximum Gasteiger partial charge on any atom is 0.225 e. The topological polar surface area (TPSA) is 54.5 Å². The molecule has 4 rings (SSSR count). The quantitative estimate of drug-likeness (QED) is 0.570. The number of carbonyl (C=O) groups is 3. The lowest BCUT2D eigenvalue weighted by Gasteiger charge is -2.45. The summed E-state index contributed by atoms with van der Waals surface area (Å²) in [4.78, 5) is 40.7. The van der Waals surface area contributed by atoms with Gasteiger partial charge in [-0.25, -0.2) is 0 Å². The second-order valence-corrected chi connectivity index (χ2v) is 9.22. The molecule has 1 aromatic carbocycles. The average Bonchev–Trinajstić information content (AvgIpc) is 3.49. The molecule has 0 radical (unpaired) electrons. The van der Waals surface area contributed by atoms with Crippen LogP contribution in [0.15, 0.2) is 12.1 Å². The van der Waals surface area contributed by atoms with Gasteiger partial charge in [0.1, 0.15) is 17.5 Å². The predicted octanol–water partition coefficient (Wildman–Crippen LogP) is 3.71. The molecule has 2 saturated carbocycles. The third-order valence-electron chi connectivity index (χ3n) is 6.96. The van der Waals surface area contributed by atoms with Gasteiger partial charge in [-0.1, -0.05) is 5.92 Å². The van der Waals surface area contributed by atoms with Crippen molar-refractivity contribution in [2.45, 2.75) is 65.2 Å². The maximum absolute atomic E-state index is 13.2. The largest absolute Gasteiger partial charge is 0.342 e. The number of rotatable bonds is 2. The van der Waals surface area contributed by atoms with Gasteiger partial charge in [0, 0.05) is 37.4 Å². The molecule has 1 aliphatic heterocycles. The number of ketones is 2. The number of likely N-dealkylation sites (tertiary alicyclic amines) is 1. The van der Waals surface area contributed by atoms with Crippen LogP contribution in [0, 0.1) is 37.0 Å². The van der Waals surface area contributed by atoms with Gasteiger partial charge in [-0.2, -0.15) is 0 Å². The lowest BCUT2D eigenvalue weighted by Crippen LogP contribution is -2.48. The van der Waals surface area contributed by atoms with Crippen LogP contribution in [0.5, 0.6) is 0 Å². The van der Waals surface area contributed by atoms with E-state index < -0.39 is 5.92 Å². The van der Waals surface area contributed by atoms with Crippen molar-refractivity contribution in [3.63, 3.8) is 0 Å². The van der Waals surface area contributed by atoms with E-state index in [1.807, 2.05) is 30.9 Å². The van der Waals surface area contributed by atoms with E-state index in [4.69, 9.17) is 0 Å². The SMILES string of the molecule is CC#Cc1cc(C)c(C2C(=O)CC3(CCN(C(=O)C4CC4)CC3)CC2=O)c(C)c1. The third-order valence-corrected chi connectivity index (χ3v) is 6.96. The molecule has 0 bridgehead atoms. The molecule has 152 valence electrons.